The standard InChI is InChI=1S/C12H20F3N/c1-16-11(7-8-12(13,14)15)9-10-5-3-2-4-6-10/h5,11,16H,2-4,6-9H2,1H3. The second-order valence-corrected chi connectivity index (χ2v) is 4.45. The maximum Gasteiger partial charge on any atom is 0.389 e. The molecule has 1 unspecified atom stereocenters. The van der Waals surface area contributed by atoms with Crippen molar-refractivity contribution in [2.45, 2.75) is 57.2 Å². The number of rotatable bonds is 5. The van der Waals surface area contributed by atoms with E-state index in [2.05, 4.69) is 11.4 Å². The summed E-state index contributed by atoms with van der Waals surface area (Å²) < 4.78 is 36.3. The Morgan fingerprint density at radius 2 is 2.12 bits per heavy atom. The average molecular weight is 235 g/mol. The fourth-order valence-electron chi connectivity index (χ4n) is 2.09. The Hall–Kier alpha value is -0.510. The lowest BCUT2D eigenvalue weighted by atomic mass is 9.93. The maximum atomic E-state index is 12.1. The molecule has 0 bridgehead atoms. The first-order valence-electron chi connectivity index (χ1n) is 5.93. The van der Waals surface area contributed by atoms with E-state index in [9.17, 15) is 13.2 Å². The molecule has 1 N–H and O–H groups in total. The van der Waals surface area contributed by atoms with Crippen molar-refractivity contribution in [1.82, 2.24) is 5.32 Å². The zero-order valence-corrected chi connectivity index (χ0v) is 9.74. The zero-order chi connectivity index (χ0) is 12.0. The summed E-state index contributed by atoms with van der Waals surface area (Å²) in [6.45, 7) is 0. The SMILES string of the molecule is CNC(CCC(F)(F)F)CC1=CCCCC1. The molecule has 0 aromatic carbocycles. The van der Waals surface area contributed by atoms with Crippen LogP contribution >= 0.6 is 0 Å². The lowest BCUT2D eigenvalue weighted by molar-refractivity contribution is -0.136. The van der Waals surface area contributed by atoms with Gasteiger partial charge in [-0.3, -0.25) is 0 Å². The van der Waals surface area contributed by atoms with E-state index < -0.39 is 12.6 Å². The molecule has 0 aromatic rings. The van der Waals surface area contributed by atoms with Crippen LogP contribution in [0.2, 0.25) is 0 Å². The van der Waals surface area contributed by atoms with E-state index >= 15 is 0 Å². The van der Waals surface area contributed by atoms with Gasteiger partial charge in [-0.1, -0.05) is 11.6 Å². The largest absolute Gasteiger partial charge is 0.389 e. The number of hydrogen-bond acceptors (Lipinski definition) is 1. The fourth-order valence-corrected chi connectivity index (χ4v) is 2.09. The third-order valence-corrected chi connectivity index (χ3v) is 3.08. The number of nitrogens with one attached hydrogen (secondary N) is 1. The van der Waals surface area contributed by atoms with Gasteiger partial charge in [0.15, 0.2) is 0 Å². The Kier molecular flexibility index (Phi) is 5.32. The normalized spacial score (nSPS) is 19.4. The maximum absolute atomic E-state index is 12.1. The van der Waals surface area contributed by atoms with Crippen LogP contribution < -0.4 is 5.32 Å². The van der Waals surface area contributed by atoms with Gasteiger partial charge in [0.1, 0.15) is 0 Å². The highest BCUT2D eigenvalue weighted by Gasteiger charge is 2.28. The smallest absolute Gasteiger partial charge is 0.317 e. The van der Waals surface area contributed by atoms with Gasteiger partial charge >= 0.3 is 6.18 Å². The van der Waals surface area contributed by atoms with Crippen molar-refractivity contribution >= 4 is 0 Å². The number of alkyl halides is 3. The van der Waals surface area contributed by atoms with Crippen LogP contribution in [0.3, 0.4) is 0 Å². The first kappa shape index (κ1) is 13.6. The molecule has 1 aliphatic rings. The summed E-state index contributed by atoms with van der Waals surface area (Å²) in [5.41, 5.74) is 1.33. The van der Waals surface area contributed by atoms with Gasteiger partial charge in [0.25, 0.3) is 0 Å². The molecule has 94 valence electrons. The lowest BCUT2D eigenvalue weighted by Crippen LogP contribution is -2.27. The molecule has 4 heteroatoms. The Morgan fingerprint density at radius 3 is 2.62 bits per heavy atom. The molecule has 1 nitrogen and oxygen atoms in total. The highest BCUT2D eigenvalue weighted by atomic mass is 19.4. The summed E-state index contributed by atoms with van der Waals surface area (Å²) in [7, 11) is 1.74. The Morgan fingerprint density at radius 1 is 1.38 bits per heavy atom. The van der Waals surface area contributed by atoms with Gasteiger partial charge < -0.3 is 5.32 Å². The van der Waals surface area contributed by atoms with E-state index in [0.29, 0.717) is 0 Å². The van der Waals surface area contributed by atoms with Crippen LogP contribution in [0.1, 0.15) is 44.9 Å². The van der Waals surface area contributed by atoms with Crippen LogP contribution in [0.15, 0.2) is 11.6 Å². The number of allylic oxidation sites excluding steroid dienone is 1. The van der Waals surface area contributed by atoms with Crippen LogP contribution in [0.5, 0.6) is 0 Å². The van der Waals surface area contributed by atoms with Crippen LogP contribution in [0.25, 0.3) is 0 Å². The van der Waals surface area contributed by atoms with Gasteiger partial charge in [0.2, 0.25) is 0 Å². The molecule has 0 aliphatic heterocycles. The van der Waals surface area contributed by atoms with E-state index in [1.165, 1.54) is 18.4 Å². The summed E-state index contributed by atoms with van der Waals surface area (Å²) in [5.74, 6) is 0. The zero-order valence-electron chi connectivity index (χ0n) is 9.74. The fraction of sp³-hybridized carbons (Fsp3) is 0.833. The summed E-state index contributed by atoms with van der Waals surface area (Å²) in [4.78, 5) is 0. The van der Waals surface area contributed by atoms with Crippen molar-refractivity contribution in [2.24, 2.45) is 0 Å². The predicted octanol–water partition coefficient (Wildman–Crippen LogP) is 3.81. The van der Waals surface area contributed by atoms with Gasteiger partial charge in [0, 0.05) is 12.5 Å². The van der Waals surface area contributed by atoms with E-state index in [1.807, 2.05) is 0 Å². The number of halogens is 3. The molecule has 1 rings (SSSR count). The topological polar surface area (TPSA) is 12.0 Å². The van der Waals surface area contributed by atoms with Crippen molar-refractivity contribution in [3.05, 3.63) is 11.6 Å². The second kappa shape index (κ2) is 6.28. The monoisotopic (exact) mass is 235 g/mol. The van der Waals surface area contributed by atoms with Gasteiger partial charge in [-0.25, -0.2) is 0 Å². The van der Waals surface area contributed by atoms with E-state index in [1.54, 1.807) is 7.05 Å². The summed E-state index contributed by atoms with van der Waals surface area (Å²) in [6, 6.07) is -0.0361. The van der Waals surface area contributed by atoms with E-state index in [0.717, 1.165) is 19.3 Å². The average Bonchev–Trinajstić information content (AvgIpc) is 2.24. The molecule has 1 atom stereocenters. The molecule has 0 saturated carbocycles. The highest BCUT2D eigenvalue weighted by Crippen LogP contribution is 2.26. The van der Waals surface area contributed by atoms with Crippen molar-refractivity contribution in [3.63, 3.8) is 0 Å². The lowest BCUT2D eigenvalue weighted by Gasteiger charge is -2.20. The number of hydrogen-bond donors (Lipinski definition) is 1. The Labute approximate surface area is 95.1 Å². The van der Waals surface area contributed by atoms with Crippen LogP contribution in [0, 0.1) is 0 Å². The van der Waals surface area contributed by atoms with Crippen molar-refractivity contribution in [1.29, 1.82) is 0 Å². The molecule has 0 radical (unpaired) electrons. The molecule has 0 fully saturated rings. The van der Waals surface area contributed by atoms with Crippen LogP contribution in [0.4, 0.5) is 13.2 Å². The van der Waals surface area contributed by atoms with E-state index in [-0.39, 0.29) is 12.5 Å². The minimum Gasteiger partial charge on any atom is -0.317 e. The van der Waals surface area contributed by atoms with Gasteiger partial charge in [-0.05, 0) is 45.6 Å². The molecular weight excluding hydrogens is 215 g/mol. The summed E-state index contributed by atoms with van der Waals surface area (Å²) in [5, 5.41) is 2.98. The Balaban J connectivity index is 2.33. The molecule has 1 aliphatic carbocycles. The van der Waals surface area contributed by atoms with Crippen molar-refractivity contribution in [2.75, 3.05) is 7.05 Å². The Bertz CT molecular complexity index is 233. The van der Waals surface area contributed by atoms with Crippen molar-refractivity contribution in [3.8, 4) is 0 Å². The van der Waals surface area contributed by atoms with Gasteiger partial charge in [-0.2, -0.15) is 13.2 Å². The first-order valence-corrected chi connectivity index (χ1v) is 5.93. The predicted molar refractivity (Wildman–Crippen MR) is 59.3 cm³/mol. The molecule has 0 heterocycles. The third-order valence-electron chi connectivity index (χ3n) is 3.08. The van der Waals surface area contributed by atoms with Gasteiger partial charge in [-0.15, -0.1) is 0 Å². The van der Waals surface area contributed by atoms with Crippen LogP contribution in [-0.4, -0.2) is 19.3 Å². The van der Waals surface area contributed by atoms with Crippen LogP contribution in [-0.2, 0) is 0 Å². The third kappa shape index (κ3) is 5.54. The van der Waals surface area contributed by atoms with Gasteiger partial charge in [0.05, 0.1) is 0 Å². The molecule has 16 heavy (non-hydrogen) atoms. The molecule has 0 aromatic heterocycles. The quantitative estimate of drug-likeness (QED) is 0.714. The second-order valence-electron chi connectivity index (χ2n) is 4.45. The summed E-state index contributed by atoms with van der Waals surface area (Å²) >= 11 is 0. The first-order chi connectivity index (χ1) is 7.51. The minimum absolute atomic E-state index is 0.0361. The summed E-state index contributed by atoms with van der Waals surface area (Å²) in [6.07, 6.45) is 2.97. The molecular formula is C12H20F3N. The molecule has 0 amide bonds. The molecule has 0 spiro atoms. The highest BCUT2D eigenvalue weighted by molar-refractivity contribution is 5.06. The van der Waals surface area contributed by atoms with E-state index in [4.69, 9.17) is 0 Å². The molecule has 0 saturated heterocycles. The minimum atomic E-state index is -4.03. The van der Waals surface area contributed by atoms with Crippen molar-refractivity contribution < 1.29 is 13.2 Å².